The summed E-state index contributed by atoms with van der Waals surface area (Å²) in [6.45, 7) is 1.66. The van der Waals surface area contributed by atoms with Crippen LogP contribution < -0.4 is 5.32 Å². The Labute approximate surface area is 94.8 Å². The number of aryl methyl sites for hydroxylation is 1. The summed E-state index contributed by atoms with van der Waals surface area (Å²) < 4.78 is 35.6. The number of aromatic nitrogens is 1. The maximum atomic E-state index is 11.9. The van der Waals surface area contributed by atoms with E-state index < -0.39 is 24.3 Å². The Morgan fingerprint density at radius 3 is 2.53 bits per heavy atom. The molecule has 1 N–H and O–H groups in total. The van der Waals surface area contributed by atoms with Crippen molar-refractivity contribution in [3.8, 4) is 0 Å². The van der Waals surface area contributed by atoms with E-state index in [4.69, 9.17) is 0 Å². The van der Waals surface area contributed by atoms with Gasteiger partial charge in [0.25, 0.3) is 0 Å². The Kier molecular flexibility index (Phi) is 3.82. The van der Waals surface area contributed by atoms with Crippen molar-refractivity contribution in [1.82, 2.24) is 4.98 Å². The maximum Gasteiger partial charge on any atom is 0.450 e. The molecule has 1 aromatic heterocycles. The molecule has 0 bridgehead atoms. The number of pyridine rings is 1. The number of hydrogen-bond acceptors (Lipinski definition) is 3. The van der Waals surface area contributed by atoms with Crippen LogP contribution in [-0.2, 0) is 9.59 Å². The van der Waals surface area contributed by atoms with E-state index in [1.54, 1.807) is 19.1 Å². The molecule has 1 aromatic rings. The summed E-state index contributed by atoms with van der Waals surface area (Å²) in [5.74, 6) is -3.00. The average molecular weight is 246 g/mol. The molecular weight excluding hydrogens is 237 g/mol. The lowest BCUT2D eigenvalue weighted by Crippen LogP contribution is -2.28. The van der Waals surface area contributed by atoms with Crippen molar-refractivity contribution in [2.75, 3.05) is 5.32 Å². The van der Waals surface area contributed by atoms with Gasteiger partial charge in [0.05, 0.1) is 6.42 Å². The molecule has 0 aromatic carbocycles. The van der Waals surface area contributed by atoms with Crippen LogP contribution in [0.25, 0.3) is 0 Å². The maximum absolute atomic E-state index is 11.9. The average Bonchev–Trinajstić information content (AvgIpc) is 2.15. The third-order valence-corrected chi connectivity index (χ3v) is 1.79. The second kappa shape index (κ2) is 4.94. The molecule has 0 aliphatic heterocycles. The predicted octanol–water partition coefficient (Wildman–Crippen LogP) is 1.85. The zero-order valence-corrected chi connectivity index (χ0v) is 8.84. The highest BCUT2D eigenvalue weighted by atomic mass is 19.4. The third-order valence-electron chi connectivity index (χ3n) is 1.79. The summed E-state index contributed by atoms with van der Waals surface area (Å²) in [5, 5.41) is 2.11. The molecule has 17 heavy (non-hydrogen) atoms. The lowest BCUT2D eigenvalue weighted by atomic mass is 10.2. The highest BCUT2D eigenvalue weighted by Crippen LogP contribution is 2.18. The van der Waals surface area contributed by atoms with Crippen LogP contribution in [-0.4, -0.2) is 22.9 Å². The van der Waals surface area contributed by atoms with Gasteiger partial charge in [-0.15, -0.1) is 0 Å². The third kappa shape index (κ3) is 4.21. The summed E-state index contributed by atoms with van der Waals surface area (Å²) in [4.78, 5) is 25.5. The van der Waals surface area contributed by atoms with Crippen LogP contribution in [0.15, 0.2) is 18.2 Å². The van der Waals surface area contributed by atoms with Crippen molar-refractivity contribution in [2.45, 2.75) is 19.5 Å². The number of Topliss-reactive ketones (excluding diaryl/α,β-unsaturated/α-hetero) is 1. The van der Waals surface area contributed by atoms with Gasteiger partial charge in [-0.05, 0) is 19.1 Å². The van der Waals surface area contributed by atoms with Crippen LogP contribution in [0.2, 0.25) is 0 Å². The molecule has 7 heteroatoms. The Morgan fingerprint density at radius 2 is 2.00 bits per heavy atom. The van der Waals surface area contributed by atoms with Crippen molar-refractivity contribution >= 4 is 17.5 Å². The van der Waals surface area contributed by atoms with Gasteiger partial charge in [0, 0.05) is 5.69 Å². The monoisotopic (exact) mass is 246 g/mol. The first kappa shape index (κ1) is 13.1. The number of carbonyl (C=O) groups is 2. The zero-order valence-electron chi connectivity index (χ0n) is 8.84. The minimum Gasteiger partial charge on any atom is -0.310 e. The lowest BCUT2D eigenvalue weighted by Gasteiger charge is -2.06. The fraction of sp³-hybridized carbons (Fsp3) is 0.300. The molecular formula is C10H9F3N2O2. The fourth-order valence-electron chi connectivity index (χ4n) is 1.05. The van der Waals surface area contributed by atoms with E-state index in [-0.39, 0.29) is 5.82 Å². The van der Waals surface area contributed by atoms with E-state index in [9.17, 15) is 22.8 Å². The van der Waals surface area contributed by atoms with Crippen LogP contribution in [0.4, 0.5) is 19.0 Å². The second-order valence-electron chi connectivity index (χ2n) is 3.31. The van der Waals surface area contributed by atoms with Gasteiger partial charge >= 0.3 is 6.18 Å². The van der Waals surface area contributed by atoms with E-state index in [1.807, 2.05) is 0 Å². The molecule has 0 saturated carbocycles. The minimum atomic E-state index is -4.99. The van der Waals surface area contributed by atoms with Gasteiger partial charge in [-0.1, -0.05) is 6.07 Å². The number of ketones is 1. The number of halogens is 3. The number of hydrogen-bond donors (Lipinski definition) is 1. The molecule has 1 rings (SSSR count). The molecule has 0 aliphatic carbocycles. The van der Waals surface area contributed by atoms with Crippen LogP contribution in [0.1, 0.15) is 12.1 Å². The van der Waals surface area contributed by atoms with Gasteiger partial charge in [-0.3, -0.25) is 9.59 Å². The normalized spacial score (nSPS) is 11.1. The van der Waals surface area contributed by atoms with Gasteiger partial charge in [0.15, 0.2) is 0 Å². The summed E-state index contributed by atoms with van der Waals surface area (Å²) in [5.41, 5.74) is 0.602. The molecule has 92 valence electrons. The standard InChI is InChI=1S/C10H9F3N2O2/c1-6-3-2-4-8(14-6)15-9(17)5-7(16)10(11,12)13/h2-4H,5H2,1H3,(H,14,15,17). The van der Waals surface area contributed by atoms with Gasteiger partial charge in [0.2, 0.25) is 11.7 Å². The quantitative estimate of drug-likeness (QED) is 0.828. The van der Waals surface area contributed by atoms with Gasteiger partial charge in [-0.2, -0.15) is 13.2 Å². The first-order valence-corrected chi connectivity index (χ1v) is 4.62. The summed E-state index contributed by atoms with van der Waals surface area (Å²) in [6, 6.07) is 4.67. The van der Waals surface area contributed by atoms with Crippen molar-refractivity contribution in [3.05, 3.63) is 23.9 Å². The van der Waals surface area contributed by atoms with Crippen LogP contribution in [0, 0.1) is 6.92 Å². The van der Waals surface area contributed by atoms with E-state index in [1.165, 1.54) is 6.07 Å². The number of nitrogens with one attached hydrogen (secondary N) is 1. The van der Waals surface area contributed by atoms with Crippen molar-refractivity contribution in [1.29, 1.82) is 0 Å². The molecule has 0 aliphatic rings. The number of nitrogens with zero attached hydrogens (tertiary/aromatic N) is 1. The topological polar surface area (TPSA) is 59.1 Å². The molecule has 0 radical (unpaired) electrons. The van der Waals surface area contributed by atoms with E-state index in [2.05, 4.69) is 10.3 Å². The Balaban J connectivity index is 2.59. The first-order chi connectivity index (χ1) is 7.79. The van der Waals surface area contributed by atoms with Crippen LogP contribution in [0.5, 0.6) is 0 Å². The van der Waals surface area contributed by atoms with Crippen molar-refractivity contribution in [2.24, 2.45) is 0 Å². The Bertz CT molecular complexity index is 443. The number of amides is 1. The number of rotatable bonds is 3. The number of anilines is 1. The van der Waals surface area contributed by atoms with Crippen molar-refractivity contribution < 1.29 is 22.8 Å². The smallest absolute Gasteiger partial charge is 0.310 e. The van der Waals surface area contributed by atoms with Gasteiger partial charge in [-0.25, -0.2) is 4.98 Å². The van der Waals surface area contributed by atoms with E-state index >= 15 is 0 Å². The van der Waals surface area contributed by atoms with E-state index in [0.717, 1.165) is 0 Å². The zero-order chi connectivity index (χ0) is 13.1. The largest absolute Gasteiger partial charge is 0.450 e. The first-order valence-electron chi connectivity index (χ1n) is 4.62. The van der Waals surface area contributed by atoms with Gasteiger partial charge < -0.3 is 5.32 Å². The SMILES string of the molecule is Cc1cccc(NC(=O)CC(=O)C(F)(F)F)n1. The fourth-order valence-corrected chi connectivity index (χ4v) is 1.05. The molecule has 1 amide bonds. The number of alkyl halides is 3. The second-order valence-corrected chi connectivity index (χ2v) is 3.31. The van der Waals surface area contributed by atoms with E-state index in [0.29, 0.717) is 5.69 Å². The summed E-state index contributed by atoms with van der Waals surface area (Å²) >= 11 is 0. The van der Waals surface area contributed by atoms with Crippen LogP contribution in [0.3, 0.4) is 0 Å². The molecule has 4 nitrogen and oxygen atoms in total. The highest BCUT2D eigenvalue weighted by molar-refractivity contribution is 6.05. The van der Waals surface area contributed by atoms with Crippen LogP contribution >= 0.6 is 0 Å². The molecule has 0 unspecified atom stereocenters. The molecule has 0 spiro atoms. The Morgan fingerprint density at radius 1 is 1.35 bits per heavy atom. The molecule has 1 heterocycles. The van der Waals surface area contributed by atoms with Crippen molar-refractivity contribution in [3.63, 3.8) is 0 Å². The molecule has 0 atom stereocenters. The molecule has 0 saturated heterocycles. The number of carbonyl (C=O) groups excluding carboxylic acids is 2. The predicted molar refractivity (Wildman–Crippen MR) is 53.3 cm³/mol. The Hall–Kier alpha value is -1.92. The minimum absolute atomic E-state index is 0.116. The lowest BCUT2D eigenvalue weighted by molar-refractivity contribution is -0.171. The summed E-state index contributed by atoms with van der Waals surface area (Å²) in [6.07, 6.45) is -6.23. The highest BCUT2D eigenvalue weighted by Gasteiger charge is 2.39. The summed E-state index contributed by atoms with van der Waals surface area (Å²) in [7, 11) is 0. The van der Waals surface area contributed by atoms with Gasteiger partial charge in [0.1, 0.15) is 5.82 Å². The molecule has 0 fully saturated rings.